The van der Waals surface area contributed by atoms with Gasteiger partial charge < -0.3 is 21.1 Å². The number of carboxylic acids is 1. The van der Waals surface area contributed by atoms with Crippen molar-refractivity contribution in [2.45, 2.75) is 71.0 Å². The van der Waals surface area contributed by atoms with E-state index in [9.17, 15) is 29.1 Å². The molecular weight excluding hydrogens is 532 g/mol. The van der Waals surface area contributed by atoms with Gasteiger partial charge in [0.2, 0.25) is 23.6 Å². The number of benzene rings is 1. The molecule has 5 atom stereocenters. The molecule has 0 radical (unpaired) electrons. The number of nitrogens with one attached hydrogen (secondary N) is 4. The summed E-state index contributed by atoms with van der Waals surface area (Å²) in [5, 5.41) is 31.1. The Bertz CT molecular complexity index is 1270. The van der Waals surface area contributed by atoms with Gasteiger partial charge in [0.05, 0.1) is 24.9 Å². The topological polar surface area (TPSA) is 199 Å². The fraction of sp³-hybridized carbons (Fsp3) is 0.556. The number of hydrogen-bond donors (Lipinski definition) is 5. The molecule has 1 aliphatic heterocycles. The number of hydrogen-bond acceptors (Lipinski definition) is 8. The number of aliphatic carboxylic acids is 1. The standard InChI is InChI=1S/C27H36N8O6/c1-3-15(2)23(30-24(37)17-9-5-6-10-18(17)27(40)41)26(39)29-14-22(36)35-19-11-7-4-8-16(19)12-20(35)25(38)28-13-21-31-33-34-32-21/h4,7-8,11,15,17-18,20,23H,3,5-6,9-10,12-14H2,1-2H3,(H,28,38)(H,29,39)(H,30,37)(H,40,41)(H,31,32,33,34)/t15?,17-,18+,20-,23?/m0/s1. The van der Waals surface area contributed by atoms with Gasteiger partial charge in [-0.3, -0.25) is 28.9 Å². The highest BCUT2D eigenvalue weighted by Gasteiger charge is 2.40. The number of tetrazole rings is 1. The van der Waals surface area contributed by atoms with Crippen LogP contribution in [0, 0.1) is 17.8 Å². The van der Waals surface area contributed by atoms with Crippen molar-refractivity contribution in [1.82, 2.24) is 36.6 Å². The molecule has 1 aromatic heterocycles. The Morgan fingerprint density at radius 3 is 2.49 bits per heavy atom. The molecule has 2 unspecified atom stereocenters. The van der Waals surface area contributed by atoms with E-state index in [1.807, 2.05) is 26.0 Å². The number of carboxylic acid groups (broad SMARTS) is 1. The first-order valence-electron chi connectivity index (χ1n) is 13.9. The van der Waals surface area contributed by atoms with E-state index in [4.69, 9.17) is 0 Å². The molecule has 1 aromatic carbocycles. The summed E-state index contributed by atoms with van der Waals surface area (Å²) in [6.07, 6.45) is 3.22. The predicted molar refractivity (Wildman–Crippen MR) is 145 cm³/mol. The van der Waals surface area contributed by atoms with E-state index < -0.39 is 60.1 Å². The van der Waals surface area contributed by atoms with Gasteiger partial charge in [-0.25, -0.2) is 0 Å². The third kappa shape index (κ3) is 6.87. The van der Waals surface area contributed by atoms with Gasteiger partial charge in [-0.15, -0.1) is 10.2 Å². The van der Waals surface area contributed by atoms with Crippen LogP contribution in [0.1, 0.15) is 57.3 Å². The van der Waals surface area contributed by atoms with Crippen molar-refractivity contribution >= 4 is 35.3 Å². The molecule has 0 bridgehead atoms. The minimum Gasteiger partial charge on any atom is -0.481 e. The van der Waals surface area contributed by atoms with Crippen molar-refractivity contribution in [3.05, 3.63) is 35.7 Å². The first-order chi connectivity index (χ1) is 19.7. The number of aromatic amines is 1. The van der Waals surface area contributed by atoms with Gasteiger partial charge in [0, 0.05) is 12.1 Å². The van der Waals surface area contributed by atoms with Crippen LogP contribution in [0.3, 0.4) is 0 Å². The second-order valence-corrected chi connectivity index (χ2v) is 10.6. The normalized spacial score (nSPS) is 21.3. The second-order valence-electron chi connectivity index (χ2n) is 10.6. The Morgan fingerprint density at radius 1 is 1.07 bits per heavy atom. The van der Waals surface area contributed by atoms with Crippen molar-refractivity contribution in [3.63, 3.8) is 0 Å². The zero-order valence-corrected chi connectivity index (χ0v) is 23.1. The molecule has 2 aromatic rings. The van der Waals surface area contributed by atoms with Crippen LogP contribution in [0.4, 0.5) is 5.69 Å². The monoisotopic (exact) mass is 568 g/mol. The highest BCUT2D eigenvalue weighted by atomic mass is 16.4. The number of rotatable bonds is 11. The highest BCUT2D eigenvalue weighted by Crippen LogP contribution is 2.33. The van der Waals surface area contributed by atoms with E-state index >= 15 is 0 Å². The molecular formula is C27H36N8O6. The molecule has 1 fully saturated rings. The lowest BCUT2D eigenvalue weighted by molar-refractivity contribution is -0.149. The van der Waals surface area contributed by atoms with Gasteiger partial charge >= 0.3 is 5.97 Å². The molecule has 4 amide bonds. The van der Waals surface area contributed by atoms with Crippen LogP contribution in [0.2, 0.25) is 0 Å². The molecule has 1 aliphatic carbocycles. The van der Waals surface area contributed by atoms with E-state index in [-0.39, 0.29) is 12.5 Å². The average molecular weight is 569 g/mol. The second kappa shape index (κ2) is 13.3. The molecule has 41 heavy (non-hydrogen) atoms. The number of H-pyrrole nitrogens is 1. The molecule has 0 saturated heterocycles. The number of nitrogens with zero attached hydrogens (tertiary/aromatic N) is 4. The molecule has 14 heteroatoms. The van der Waals surface area contributed by atoms with Gasteiger partial charge in [-0.2, -0.15) is 5.21 Å². The van der Waals surface area contributed by atoms with Gasteiger partial charge in [0.1, 0.15) is 12.1 Å². The lowest BCUT2D eigenvalue weighted by Crippen LogP contribution is -2.55. The molecule has 220 valence electrons. The number of aromatic nitrogens is 4. The minimum atomic E-state index is -1.01. The SMILES string of the molecule is CCC(C)C(NC(=O)[C@H]1CCCC[C@H]1C(=O)O)C(=O)NCC(=O)N1c2ccccc2C[C@H]1C(=O)NCc1nn[nH]n1. The molecule has 1 saturated carbocycles. The van der Waals surface area contributed by atoms with Crippen LogP contribution < -0.4 is 20.9 Å². The third-order valence-electron chi connectivity index (χ3n) is 7.98. The summed E-state index contributed by atoms with van der Waals surface area (Å²) >= 11 is 0. The Morgan fingerprint density at radius 2 is 1.80 bits per heavy atom. The maximum absolute atomic E-state index is 13.4. The smallest absolute Gasteiger partial charge is 0.307 e. The third-order valence-corrected chi connectivity index (χ3v) is 7.98. The number of para-hydroxylation sites is 1. The average Bonchev–Trinajstić information content (AvgIpc) is 3.65. The largest absolute Gasteiger partial charge is 0.481 e. The van der Waals surface area contributed by atoms with E-state index in [0.29, 0.717) is 37.2 Å². The summed E-state index contributed by atoms with van der Waals surface area (Å²) in [5.74, 6) is -4.39. The summed E-state index contributed by atoms with van der Waals surface area (Å²) in [4.78, 5) is 66.0. The highest BCUT2D eigenvalue weighted by molar-refractivity contribution is 6.05. The Balaban J connectivity index is 1.42. The van der Waals surface area contributed by atoms with Crippen molar-refractivity contribution in [2.24, 2.45) is 17.8 Å². The number of fused-ring (bicyclic) bond motifs is 1. The van der Waals surface area contributed by atoms with E-state index in [0.717, 1.165) is 18.4 Å². The molecule has 14 nitrogen and oxygen atoms in total. The van der Waals surface area contributed by atoms with Crippen molar-refractivity contribution in [2.75, 3.05) is 11.4 Å². The summed E-state index contributed by atoms with van der Waals surface area (Å²) in [5.41, 5.74) is 1.40. The van der Waals surface area contributed by atoms with Gasteiger partial charge in [-0.1, -0.05) is 56.5 Å². The van der Waals surface area contributed by atoms with Crippen molar-refractivity contribution in [3.8, 4) is 0 Å². The van der Waals surface area contributed by atoms with Gasteiger partial charge in [-0.05, 0) is 30.4 Å². The van der Waals surface area contributed by atoms with Crippen LogP contribution in [-0.4, -0.2) is 74.0 Å². The fourth-order valence-corrected chi connectivity index (χ4v) is 5.51. The summed E-state index contributed by atoms with van der Waals surface area (Å²) in [6.45, 7) is 3.32. The maximum atomic E-state index is 13.4. The van der Waals surface area contributed by atoms with Gasteiger partial charge in [0.25, 0.3) is 0 Å². The minimum absolute atomic E-state index is 0.0287. The molecule has 5 N–H and O–H groups in total. The van der Waals surface area contributed by atoms with Crippen LogP contribution in [0.5, 0.6) is 0 Å². The predicted octanol–water partition coefficient (Wildman–Crippen LogP) is 0.312. The van der Waals surface area contributed by atoms with Crippen LogP contribution in [0.15, 0.2) is 24.3 Å². The Labute approximate surface area is 237 Å². The number of carbonyl (C=O) groups is 5. The van der Waals surface area contributed by atoms with E-state index in [2.05, 4.69) is 36.6 Å². The quantitative estimate of drug-likeness (QED) is 0.253. The van der Waals surface area contributed by atoms with Crippen molar-refractivity contribution in [1.29, 1.82) is 0 Å². The summed E-state index contributed by atoms with van der Waals surface area (Å²) in [6, 6.07) is 5.38. The number of anilines is 1. The first kappa shape index (κ1) is 29.6. The maximum Gasteiger partial charge on any atom is 0.307 e. The molecule has 2 heterocycles. The summed E-state index contributed by atoms with van der Waals surface area (Å²) < 4.78 is 0. The molecule has 2 aliphatic rings. The van der Waals surface area contributed by atoms with E-state index in [1.54, 1.807) is 12.1 Å². The zero-order chi connectivity index (χ0) is 29.5. The first-order valence-corrected chi connectivity index (χ1v) is 13.9. The molecule has 0 spiro atoms. The van der Waals surface area contributed by atoms with Crippen molar-refractivity contribution < 1.29 is 29.1 Å². The fourth-order valence-electron chi connectivity index (χ4n) is 5.51. The lowest BCUT2D eigenvalue weighted by Gasteiger charge is -2.31. The van der Waals surface area contributed by atoms with Crippen LogP contribution >= 0.6 is 0 Å². The summed E-state index contributed by atoms with van der Waals surface area (Å²) in [7, 11) is 0. The number of carbonyl (C=O) groups excluding carboxylic acids is 4. The number of amides is 4. The van der Waals surface area contributed by atoms with Crippen LogP contribution in [0.25, 0.3) is 0 Å². The van der Waals surface area contributed by atoms with Crippen LogP contribution in [-0.2, 0) is 36.9 Å². The Hall–Kier alpha value is -4.36. The van der Waals surface area contributed by atoms with Gasteiger partial charge in [0.15, 0.2) is 5.82 Å². The Kier molecular flexibility index (Phi) is 9.63. The lowest BCUT2D eigenvalue weighted by atomic mass is 9.78. The zero-order valence-electron chi connectivity index (χ0n) is 23.1. The molecule has 4 rings (SSSR count). The van der Waals surface area contributed by atoms with E-state index in [1.165, 1.54) is 4.90 Å².